The summed E-state index contributed by atoms with van der Waals surface area (Å²) < 4.78 is 0. The van der Waals surface area contributed by atoms with Gasteiger partial charge in [-0.25, -0.2) is 4.79 Å². The monoisotopic (exact) mass is 470 g/mol. The predicted octanol–water partition coefficient (Wildman–Crippen LogP) is -2.54. The van der Waals surface area contributed by atoms with Gasteiger partial charge in [-0.3, -0.25) is 24.0 Å². The fourth-order valence-electron chi connectivity index (χ4n) is 3.38. The molecule has 0 aromatic carbocycles. The fourth-order valence-corrected chi connectivity index (χ4v) is 3.38. The molecule has 1 saturated heterocycles. The van der Waals surface area contributed by atoms with Crippen molar-refractivity contribution >= 4 is 35.5 Å². The summed E-state index contributed by atoms with van der Waals surface area (Å²) in [5, 5.41) is 19.5. The molecule has 1 aliphatic heterocycles. The molecular weight excluding hydrogens is 436 g/mol. The van der Waals surface area contributed by atoms with E-state index in [1.165, 1.54) is 0 Å². The maximum Gasteiger partial charge on any atom is 0.326 e. The lowest BCUT2D eigenvalue weighted by Gasteiger charge is -2.25. The topological polar surface area (TPSA) is 223 Å². The van der Waals surface area contributed by atoms with Gasteiger partial charge in [-0.05, 0) is 38.1 Å². The molecule has 0 aromatic rings. The standard InChI is InChI=1S/C20H34N6O7/c1-10(2)8-13(25-17(29)11-4-3-7-23-11)18(30)26-14(9-16(22)28)19(31)24-12(20(32)33)5-6-15(21)27/h10-14,23H,3-9H2,1-2H3,(H2,21,27)(H2,22,28)(H,24,31)(H,25,29)(H,26,30)(H,32,33). The number of nitrogens with two attached hydrogens (primary N) is 2. The molecule has 0 spiro atoms. The lowest BCUT2D eigenvalue weighted by atomic mass is 10.0. The first kappa shape index (κ1) is 27.8. The van der Waals surface area contributed by atoms with E-state index in [0.717, 1.165) is 6.42 Å². The number of aliphatic carboxylic acids is 1. The van der Waals surface area contributed by atoms with Gasteiger partial charge in [-0.2, -0.15) is 0 Å². The van der Waals surface area contributed by atoms with Crippen molar-refractivity contribution in [1.82, 2.24) is 21.3 Å². The van der Waals surface area contributed by atoms with Crippen molar-refractivity contribution in [2.24, 2.45) is 17.4 Å². The summed E-state index contributed by atoms with van der Waals surface area (Å²) in [5.41, 5.74) is 10.2. The molecule has 1 fully saturated rings. The fraction of sp³-hybridized carbons (Fsp3) is 0.700. The number of carbonyl (C=O) groups is 6. The molecule has 0 saturated carbocycles. The number of hydrogen-bond donors (Lipinski definition) is 7. The van der Waals surface area contributed by atoms with E-state index in [2.05, 4.69) is 21.3 Å². The van der Waals surface area contributed by atoms with Crippen LogP contribution in [0.4, 0.5) is 0 Å². The number of nitrogens with one attached hydrogen (secondary N) is 4. The minimum absolute atomic E-state index is 0.0196. The first-order chi connectivity index (χ1) is 15.4. The lowest BCUT2D eigenvalue weighted by Crippen LogP contribution is -2.58. The third-order valence-corrected chi connectivity index (χ3v) is 5.05. The maximum absolute atomic E-state index is 12.9. The normalized spacial score (nSPS) is 18.1. The van der Waals surface area contributed by atoms with E-state index >= 15 is 0 Å². The number of carbonyl (C=O) groups excluding carboxylic acids is 5. The summed E-state index contributed by atoms with van der Waals surface area (Å²) in [6.07, 6.45) is 0.588. The number of amides is 5. The van der Waals surface area contributed by atoms with Gasteiger partial charge in [0.1, 0.15) is 18.1 Å². The van der Waals surface area contributed by atoms with Crippen molar-refractivity contribution in [3.8, 4) is 0 Å². The summed E-state index contributed by atoms with van der Waals surface area (Å²) in [5.74, 6) is -5.07. The van der Waals surface area contributed by atoms with Gasteiger partial charge in [-0.1, -0.05) is 13.8 Å². The summed E-state index contributed by atoms with van der Waals surface area (Å²) >= 11 is 0. The van der Waals surface area contributed by atoms with Crippen LogP contribution in [-0.4, -0.2) is 71.3 Å². The van der Waals surface area contributed by atoms with E-state index in [1.807, 2.05) is 13.8 Å². The zero-order chi connectivity index (χ0) is 25.1. The molecule has 4 unspecified atom stereocenters. The number of primary amides is 2. The molecule has 13 heteroatoms. The smallest absolute Gasteiger partial charge is 0.326 e. The van der Waals surface area contributed by atoms with Gasteiger partial charge < -0.3 is 37.8 Å². The molecular formula is C20H34N6O7. The molecule has 186 valence electrons. The van der Waals surface area contributed by atoms with Gasteiger partial charge in [0.05, 0.1) is 12.5 Å². The molecule has 33 heavy (non-hydrogen) atoms. The van der Waals surface area contributed by atoms with Crippen molar-refractivity contribution in [3.63, 3.8) is 0 Å². The zero-order valence-corrected chi connectivity index (χ0v) is 18.9. The molecule has 1 aliphatic rings. The van der Waals surface area contributed by atoms with Gasteiger partial charge in [0.2, 0.25) is 29.5 Å². The molecule has 1 rings (SSSR count). The Labute approximate surface area is 191 Å². The summed E-state index contributed by atoms with van der Waals surface area (Å²) in [4.78, 5) is 71.8. The van der Waals surface area contributed by atoms with Gasteiger partial charge in [0.15, 0.2) is 0 Å². The SMILES string of the molecule is CC(C)CC(NC(=O)C1CCCN1)C(=O)NC(CC(N)=O)C(=O)NC(CCC(N)=O)C(=O)O. The van der Waals surface area contributed by atoms with E-state index in [1.54, 1.807) is 0 Å². The Bertz CT molecular complexity index is 751. The molecule has 9 N–H and O–H groups in total. The number of rotatable bonds is 14. The van der Waals surface area contributed by atoms with Crippen LogP contribution < -0.4 is 32.7 Å². The molecule has 5 amide bonds. The van der Waals surface area contributed by atoms with Crippen molar-refractivity contribution in [1.29, 1.82) is 0 Å². The highest BCUT2D eigenvalue weighted by atomic mass is 16.4. The molecule has 4 atom stereocenters. The maximum atomic E-state index is 12.9. The first-order valence-electron chi connectivity index (χ1n) is 10.8. The minimum Gasteiger partial charge on any atom is -0.480 e. The van der Waals surface area contributed by atoms with Gasteiger partial charge >= 0.3 is 5.97 Å². The number of carboxylic acids is 1. The first-order valence-corrected chi connectivity index (χ1v) is 10.8. The van der Waals surface area contributed by atoms with E-state index in [9.17, 15) is 33.9 Å². The van der Waals surface area contributed by atoms with Crippen LogP contribution in [0.1, 0.15) is 52.4 Å². The Hall–Kier alpha value is -3.22. The van der Waals surface area contributed by atoms with E-state index in [-0.39, 0.29) is 31.1 Å². The third kappa shape index (κ3) is 10.3. The zero-order valence-electron chi connectivity index (χ0n) is 18.9. The number of carboxylic acid groups (broad SMARTS) is 1. The molecule has 0 radical (unpaired) electrons. The van der Waals surface area contributed by atoms with Crippen LogP contribution in [0.3, 0.4) is 0 Å². The highest BCUT2D eigenvalue weighted by Gasteiger charge is 2.32. The summed E-state index contributed by atoms with van der Waals surface area (Å²) in [7, 11) is 0. The molecule has 0 aromatic heterocycles. The highest BCUT2D eigenvalue weighted by Crippen LogP contribution is 2.10. The van der Waals surface area contributed by atoms with Crippen molar-refractivity contribution in [2.75, 3.05) is 6.54 Å². The molecule has 0 aliphatic carbocycles. The Morgan fingerprint density at radius 1 is 0.939 bits per heavy atom. The quantitative estimate of drug-likeness (QED) is 0.143. The Balaban J connectivity index is 2.92. The van der Waals surface area contributed by atoms with Crippen LogP contribution in [0, 0.1) is 5.92 Å². The molecule has 13 nitrogen and oxygen atoms in total. The molecule has 0 bridgehead atoms. The average Bonchev–Trinajstić information content (AvgIpc) is 3.23. The van der Waals surface area contributed by atoms with Gasteiger partial charge in [0, 0.05) is 6.42 Å². The largest absolute Gasteiger partial charge is 0.480 e. The second-order valence-corrected chi connectivity index (χ2v) is 8.48. The predicted molar refractivity (Wildman–Crippen MR) is 116 cm³/mol. The Morgan fingerprint density at radius 3 is 2.03 bits per heavy atom. The van der Waals surface area contributed by atoms with Crippen LogP contribution in [0.2, 0.25) is 0 Å². The lowest BCUT2D eigenvalue weighted by molar-refractivity contribution is -0.142. The summed E-state index contributed by atoms with van der Waals surface area (Å²) in [6.45, 7) is 4.40. The molecule has 1 heterocycles. The van der Waals surface area contributed by atoms with Crippen LogP contribution in [0.25, 0.3) is 0 Å². The number of hydrogen-bond acceptors (Lipinski definition) is 7. The van der Waals surface area contributed by atoms with Crippen LogP contribution in [0.15, 0.2) is 0 Å². The van der Waals surface area contributed by atoms with Crippen LogP contribution in [-0.2, 0) is 28.8 Å². The minimum atomic E-state index is -1.47. The van der Waals surface area contributed by atoms with E-state index in [4.69, 9.17) is 11.5 Å². The van der Waals surface area contributed by atoms with Crippen LogP contribution >= 0.6 is 0 Å². The highest BCUT2D eigenvalue weighted by molar-refractivity contribution is 5.96. The van der Waals surface area contributed by atoms with E-state index in [0.29, 0.717) is 13.0 Å². The van der Waals surface area contributed by atoms with Gasteiger partial charge in [-0.15, -0.1) is 0 Å². The average molecular weight is 471 g/mol. The Morgan fingerprint density at radius 2 is 1.55 bits per heavy atom. The van der Waals surface area contributed by atoms with Gasteiger partial charge in [0.25, 0.3) is 0 Å². The third-order valence-electron chi connectivity index (χ3n) is 5.05. The second-order valence-electron chi connectivity index (χ2n) is 8.48. The van der Waals surface area contributed by atoms with Crippen molar-refractivity contribution in [3.05, 3.63) is 0 Å². The van der Waals surface area contributed by atoms with E-state index < -0.39 is 60.2 Å². The summed E-state index contributed by atoms with van der Waals surface area (Å²) in [6, 6.07) is -4.33. The van der Waals surface area contributed by atoms with Crippen molar-refractivity contribution in [2.45, 2.75) is 76.5 Å². The van der Waals surface area contributed by atoms with Crippen molar-refractivity contribution < 1.29 is 33.9 Å². The van der Waals surface area contributed by atoms with Crippen LogP contribution in [0.5, 0.6) is 0 Å². The second kappa shape index (κ2) is 13.4. The Kier molecular flexibility index (Phi) is 11.3.